The minimum absolute atomic E-state index is 0.101. The number of ketones is 1. The number of nitrogens with zero attached hydrogens (tertiary/aromatic N) is 2. The molecule has 2 heterocycles. The summed E-state index contributed by atoms with van der Waals surface area (Å²) in [5, 5.41) is 3.34. The van der Waals surface area contributed by atoms with E-state index < -0.39 is 0 Å². The molecule has 1 atom stereocenters. The highest BCUT2D eigenvalue weighted by Crippen LogP contribution is 2.33. The fourth-order valence-corrected chi connectivity index (χ4v) is 3.19. The molecular formula is C18H25N3O3. The zero-order valence-corrected chi connectivity index (χ0v) is 14.5. The molecule has 0 aromatic heterocycles. The molecule has 3 rings (SSSR count). The van der Waals surface area contributed by atoms with Crippen molar-refractivity contribution < 1.29 is 14.3 Å². The summed E-state index contributed by atoms with van der Waals surface area (Å²) in [6.45, 7) is 9.52. The van der Waals surface area contributed by atoms with Crippen molar-refractivity contribution in [2.45, 2.75) is 32.4 Å². The van der Waals surface area contributed by atoms with Gasteiger partial charge in [0, 0.05) is 31.7 Å². The molecule has 0 saturated carbocycles. The number of Topliss-reactive ketones (excluding diaryl/α,β-unsaturated/α-hetero) is 1. The van der Waals surface area contributed by atoms with Crippen molar-refractivity contribution in [1.82, 2.24) is 9.80 Å². The largest absolute Gasteiger partial charge is 0.484 e. The summed E-state index contributed by atoms with van der Waals surface area (Å²) in [6.07, 6.45) is 0.875. The number of rotatable bonds is 4. The van der Waals surface area contributed by atoms with Gasteiger partial charge in [-0.1, -0.05) is 0 Å². The number of nitrogens with one attached hydrogen (secondary N) is 1. The van der Waals surface area contributed by atoms with Crippen molar-refractivity contribution in [3.8, 4) is 5.75 Å². The summed E-state index contributed by atoms with van der Waals surface area (Å²) in [7, 11) is 0. The molecule has 130 valence electrons. The van der Waals surface area contributed by atoms with Gasteiger partial charge in [0.25, 0.3) is 0 Å². The van der Waals surface area contributed by atoms with Crippen LogP contribution in [0.1, 0.15) is 31.1 Å². The Balaban J connectivity index is 1.70. The number of piperazine rings is 1. The normalized spacial score (nSPS) is 21.2. The highest BCUT2D eigenvalue weighted by Gasteiger charge is 2.29. The van der Waals surface area contributed by atoms with Gasteiger partial charge in [0.1, 0.15) is 11.4 Å². The van der Waals surface area contributed by atoms with Crippen LogP contribution in [0.4, 0.5) is 5.69 Å². The first-order valence-corrected chi connectivity index (χ1v) is 8.44. The summed E-state index contributed by atoms with van der Waals surface area (Å²) >= 11 is 0. The average molecular weight is 331 g/mol. The van der Waals surface area contributed by atoms with Crippen molar-refractivity contribution in [2.75, 3.05) is 38.0 Å². The number of anilines is 1. The van der Waals surface area contributed by atoms with Gasteiger partial charge >= 0.3 is 0 Å². The van der Waals surface area contributed by atoms with E-state index in [0.29, 0.717) is 25.2 Å². The Bertz CT molecular complexity index is 636. The van der Waals surface area contributed by atoms with Gasteiger partial charge in [-0.2, -0.15) is 0 Å². The summed E-state index contributed by atoms with van der Waals surface area (Å²) in [5.41, 5.74) is 1.32. The molecule has 6 heteroatoms. The van der Waals surface area contributed by atoms with Crippen LogP contribution >= 0.6 is 0 Å². The molecule has 0 bridgehead atoms. The van der Waals surface area contributed by atoms with Crippen molar-refractivity contribution in [2.24, 2.45) is 0 Å². The van der Waals surface area contributed by atoms with Gasteiger partial charge in [0.2, 0.25) is 6.41 Å². The molecule has 6 nitrogen and oxygen atoms in total. The fourth-order valence-electron chi connectivity index (χ4n) is 3.19. The first kappa shape index (κ1) is 16.8. The zero-order chi connectivity index (χ0) is 17.3. The van der Waals surface area contributed by atoms with Crippen LogP contribution in [0.25, 0.3) is 0 Å². The van der Waals surface area contributed by atoms with E-state index in [-0.39, 0.29) is 17.4 Å². The van der Waals surface area contributed by atoms with Crippen molar-refractivity contribution >= 4 is 17.9 Å². The van der Waals surface area contributed by atoms with Crippen LogP contribution in [0.3, 0.4) is 0 Å². The Hall–Kier alpha value is -2.08. The summed E-state index contributed by atoms with van der Waals surface area (Å²) < 4.78 is 5.93. The summed E-state index contributed by atoms with van der Waals surface area (Å²) in [6, 6.07) is 5.39. The molecule has 1 aromatic rings. The smallest absolute Gasteiger partial charge is 0.209 e. The Morgan fingerprint density at radius 3 is 2.67 bits per heavy atom. The molecule has 2 aliphatic rings. The lowest BCUT2D eigenvalue weighted by molar-refractivity contribution is -0.119. The maximum absolute atomic E-state index is 12.8. The number of ether oxygens (including phenoxy) is 1. The van der Waals surface area contributed by atoms with E-state index in [0.717, 1.165) is 30.9 Å². The SMILES string of the molecule is CC(C(=O)c1ccc2c(c1)NCC(C)(C)O2)N1CCN(C=O)CC1. The van der Waals surface area contributed by atoms with E-state index in [1.54, 1.807) is 4.90 Å². The van der Waals surface area contributed by atoms with E-state index in [2.05, 4.69) is 10.2 Å². The Morgan fingerprint density at radius 1 is 1.29 bits per heavy atom. The highest BCUT2D eigenvalue weighted by atomic mass is 16.5. The van der Waals surface area contributed by atoms with Crippen LogP contribution in [-0.2, 0) is 4.79 Å². The van der Waals surface area contributed by atoms with Gasteiger partial charge in [-0.15, -0.1) is 0 Å². The number of fused-ring (bicyclic) bond motifs is 1. The molecule has 1 N–H and O–H groups in total. The maximum atomic E-state index is 12.8. The topological polar surface area (TPSA) is 61.9 Å². The number of amides is 1. The van der Waals surface area contributed by atoms with Gasteiger partial charge in [-0.05, 0) is 39.0 Å². The minimum atomic E-state index is -0.246. The van der Waals surface area contributed by atoms with Crippen LogP contribution in [0.5, 0.6) is 5.75 Å². The second-order valence-electron chi connectivity index (χ2n) is 7.14. The van der Waals surface area contributed by atoms with E-state index in [9.17, 15) is 9.59 Å². The number of carbonyl (C=O) groups excluding carboxylic acids is 2. The van der Waals surface area contributed by atoms with Gasteiger partial charge < -0.3 is 15.0 Å². The van der Waals surface area contributed by atoms with E-state index in [1.807, 2.05) is 39.0 Å². The number of benzene rings is 1. The first-order chi connectivity index (χ1) is 11.4. The summed E-state index contributed by atoms with van der Waals surface area (Å²) in [5.74, 6) is 0.888. The van der Waals surface area contributed by atoms with Crippen LogP contribution < -0.4 is 10.1 Å². The molecule has 1 amide bonds. The van der Waals surface area contributed by atoms with E-state index in [4.69, 9.17) is 4.74 Å². The predicted molar refractivity (Wildman–Crippen MR) is 92.6 cm³/mol. The van der Waals surface area contributed by atoms with Crippen molar-refractivity contribution in [3.05, 3.63) is 23.8 Å². The first-order valence-electron chi connectivity index (χ1n) is 8.44. The second kappa shape index (κ2) is 6.43. The molecule has 0 aliphatic carbocycles. The number of hydrogen-bond acceptors (Lipinski definition) is 5. The van der Waals surface area contributed by atoms with E-state index >= 15 is 0 Å². The molecule has 0 spiro atoms. The van der Waals surface area contributed by atoms with Crippen molar-refractivity contribution in [1.29, 1.82) is 0 Å². The fraction of sp³-hybridized carbons (Fsp3) is 0.556. The molecule has 1 unspecified atom stereocenters. The van der Waals surface area contributed by atoms with E-state index in [1.165, 1.54) is 0 Å². The average Bonchev–Trinajstić information content (AvgIpc) is 2.59. The van der Waals surface area contributed by atoms with Gasteiger partial charge in [-0.25, -0.2) is 0 Å². The zero-order valence-electron chi connectivity index (χ0n) is 14.5. The van der Waals surface area contributed by atoms with Gasteiger partial charge in [-0.3, -0.25) is 14.5 Å². The molecule has 1 aromatic carbocycles. The third kappa shape index (κ3) is 3.38. The Kier molecular flexibility index (Phi) is 4.49. The quantitative estimate of drug-likeness (QED) is 0.671. The highest BCUT2D eigenvalue weighted by molar-refractivity contribution is 6.01. The Labute approximate surface area is 142 Å². The maximum Gasteiger partial charge on any atom is 0.209 e. The molecule has 24 heavy (non-hydrogen) atoms. The van der Waals surface area contributed by atoms with Crippen LogP contribution in [0.15, 0.2) is 18.2 Å². The minimum Gasteiger partial charge on any atom is -0.484 e. The van der Waals surface area contributed by atoms with Gasteiger partial charge in [0.15, 0.2) is 5.78 Å². The molecular weight excluding hydrogens is 306 g/mol. The second-order valence-corrected chi connectivity index (χ2v) is 7.14. The molecule has 1 saturated heterocycles. The number of carbonyl (C=O) groups is 2. The lowest BCUT2D eigenvalue weighted by Crippen LogP contribution is -2.51. The van der Waals surface area contributed by atoms with Crippen LogP contribution in [0.2, 0.25) is 0 Å². The lowest BCUT2D eigenvalue weighted by Gasteiger charge is -2.36. The van der Waals surface area contributed by atoms with Gasteiger partial charge in [0.05, 0.1) is 18.3 Å². The number of hydrogen-bond donors (Lipinski definition) is 1. The predicted octanol–water partition coefficient (Wildman–Crippen LogP) is 1.61. The lowest BCUT2D eigenvalue weighted by atomic mass is 10.0. The van der Waals surface area contributed by atoms with Crippen LogP contribution in [-0.4, -0.2) is 66.4 Å². The standard InChI is InChI=1S/C18H25N3O3/c1-13(21-8-6-20(12-22)7-9-21)17(23)14-4-5-16-15(10-14)19-11-18(2,3)24-16/h4-5,10,12-13,19H,6-9,11H2,1-3H3. The van der Waals surface area contributed by atoms with Crippen LogP contribution in [0, 0.1) is 0 Å². The molecule has 1 fully saturated rings. The summed E-state index contributed by atoms with van der Waals surface area (Å²) in [4.78, 5) is 27.5. The third-order valence-corrected chi connectivity index (χ3v) is 4.78. The molecule has 2 aliphatic heterocycles. The Morgan fingerprint density at radius 2 is 2.00 bits per heavy atom. The third-order valence-electron chi connectivity index (χ3n) is 4.78. The molecule has 0 radical (unpaired) electrons. The monoisotopic (exact) mass is 331 g/mol. The van der Waals surface area contributed by atoms with Crippen molar-refractivity contribution in [3.63, 3.8) is 0 Å².